The van der Waals surface area contributed by atoms with Gasteiger partial charge in [0.05, 0.1) is 6.04 Å². The number of nitrogens with zero attached hydrogens (tertiary/aromatic N) is 1. The molecule has 184 valence electrons. The number of benzene rings is 2. The summed E-state index contributed by atoms with van der Waals surface area (Å²) in [6.45, 7) is 12.4. The third-order valence-corrected chi connectivity index (χ3v) is 8.49. The summed E-state index contributed by atoms with van der Waals surface area (Å²) >= 11 is 0. The van der Waals surface area contributed by atoms with Crippen LogP contribution in [0.2, 0.25) is 0 Å². The van der Waals surface area contributed by atoms with Gasteiger partial charge in [-0.3, -0.25) is 4.79 Å². The second-order valence-electron chi connectivity index (χ2n) is 11.1. The van der Waals surface area contributed by atoms with Crippen LogP contribution in [0.25, 0.3) is 0 Å². The van der Waals surface area contributed by atoms with E-state index < -0.39 is 0 Å². The predicted octanol–water partition coefficient (Wildman–Crippen LogP) is 5.08. The minimum atomic E-state index is -0.164. The SMILES string of the molecule is CC(C)[C@H](CC(=O)[C@H]1Cc2ccc(O)cc2CN1)CN1CC[C@@](C)(c2cccc(F)c2)[C@@H](C)C1. The number of aromatic hydroxyl groups is 1. The average molecular weight is 467 g/mol. The number of nitrogens with one attached hydrogen (secondary N) is 1. The first kappa shape index (κ1) is 24.9. The molecule has 0 unspecified atom stereocenters. The zero-order valence-corrected chi connectivity index (χ0v) is 21.0. The summed E-state index contributed by atoms with van der Waals surface area (Å²) in [6.07, 6.45) is 2.25. The van der Waals surface area contributed by atoms with Gasteiger partial charge in [0, 0.05) is 26.1 Å². The molecule has 1 fully saturated rings. The normalized spacial score (nSPS) is 26.3. The fourth-order valence-electron chi connectivity index (χ4n) is 5.73. The van der Waals surface area contributed by atoms with Gasteiger partial charge in [-0.25, -0.2) is 4.39 Å². The van der Waals surface area contributed by atoms with E-state index in [1.54, 1.807) is 18.2 Å². The quantitative estimate of drug-likeness (QED) is 0.598. The molecule has 0 aliphatic carbocycles. The number of Topliss-reactive ketones (excluding diaryl/α,β-unsaturated/α-hetero) is 1. The number of halogens is 1. The molecule has 2 aliphatic rings. The van der Waals surface area contributed by atoms with Gasteiger partial charge in [-0.2, -0.15) is 0 Å². The number of hydrogen-bond donors (Lipinski definition) is 2. The highest BCUT2D eigenvalue weighted by molar-refractivity contribution is 5.85. The first-order valence-corrected chi connectivity index (χ1v) is 12.7. The van der Waals surface area contributed by atoms with Crippen LogP contribution in [0.4, 0.5) is 4.39 Å². The van der Waals surface area contributed by atoms with Gasteiger partial charge in [-0.1, -0.05) is 45.9 Å². The molecule has 0 aromatic heterocycles. The molecular formula is C29H39FN2O2. The van der Waals surface area contributed by atoms with Crippen molar-refractivity contribution in [3.05, 3.63) is 65.0 Å². The Morgan fingerprint density at radius 2 is 2.03 bits per heavy atom. The number of phenolic OH excluding ortho intramolecular Hbond substituents is 1. The number of piperidine rings is 1. The molecule has 2 N–H and O–H groups in total. The highest BCUT2D eigenvalue weighted by Crippen LogP contribution is 2.40. The molecule has 2 heterocycles. The highest BCUT2D eigenvalue weighted by atomic mass is 19.1. The minimum absolute atomic E-state index is 0.0322. The van der Waals surface area contributed by atoms with Crippen LogP contribution in [-0.4, -0.2) is 41.5 Å². The molecular weight excluding hydrogens is 427 g/mol. The van der Waals surface area contributed by atoms with Crippen molar-refractivity contribution in [3.8, 4) is 5.75 Å². The smallest absolute Gasteiger partial charge is 0.150 e. The lowest BCUT2D eigenvalue weighted by Crippen LogP contribution is -2.49. The van der Waals surface area contributed by atoms with E-state index in [0.29, 0.717) is 37.1 Å². The van der Waals surface area contributed by atoms with Gasteiger partial charge in [-0.15, -0.1) is 0 Å². The van der Waals surface area contributed by atoms with Crippen LogP contribution in [0, 0.1) is 23.6 Å². The lowest BCUT2D eigenvalue weighted by molar-refractivity contribution is -0.122. The van der Waals surface area contributed by atoms with Crippen LogP contribution < -0.4 is 5.32 Å². The van der Waals surface area contributed by atoms with E-state index in [0.717, 1.165) is 42.7 Å². The molecule has 0 amide bonds. The number of carbonyl (C=O) groups excluding carboxylic acids is 1. The fraction of sp³-hybridized carbons (Fsp3) is 0.552. The summed E-state index contributed by atoms with van der Waals surface area (Å²) in [5.74, 6) is 1.52. The fourth-order valence-corrected chi connectivity index (χ4v) is 5.73. The predicted molar refractivity (Wildman–Crippen MR) is 134 cm³/mol. The van der Waals surface area contributed by atoms with Crippen molar-refractivity contribution in [2.75, 3.05) is 19.6 Å². The van der Waals surface area contributed by atoms with E-state index in [2.05, 4.69) is 44.0 Å². The van der Waals surface area contributed by atoms with Crippen molar-refractivity contribution in [1.82, 2.24) is 10.2 Å². The number of likely N-dealkylation sites (tertiary alicyclic amines) is 1. The third kappa shape index (κ3) is 5.36. The molecule has 2 aliphatic heterocycles. The molecule has 5 heteroatoms. The summed E-state index contributed by atoms with van der Waals surface area (Å²) in [5.41, 5.74) is 3.29. The molecule has 2 aromatic carbocycles. The second kappa shape index (κ2) is 10.2. The van der Waals surface area contributed by atoms with Crippen LogP contribution >= 0.6 is 0 Å². The van der Waals surface area contributed by atoms with Gasteiger partial charge < -0.3 is 15.3 Å². The summed E-state index contributed by atoms with van der Waals surface area (Å²) < 4.78 is 13.9. The maximum Gasteiger partial charge on any atom is 0.150 e. The molecule has 1 saturated heterocycles. The second-order valence-corrected chi connectivity index (χ2v) is 11.1. The molecule has 4 rings (SSSR count). The van der Waals surface area contributed by atoms with E-state index in [1.807, 2.05) is 12.1 Å². The standard InChI is InChI=1S/C29H39FN2O2/c1-19(2)23(14-28(34)27-13-21-8-9-26(33)12-22(21)16-31-27)18-32-11-10-29(4,20(3)17-32)24-6-5-7-25(30)15-24/h5-9,12,15,19-20,23,27,31,33H,10-11,13-14,16-18H2,1-4H3/t20-,23+,27+,29+/m0/s1. The largest absolute Gasteiger partial charge is 0.508 e. The van der Waals surface area contributed by atoms with Gasteiger partial charge in [0.15, 0.2) is 0 Å². The Labute approximate surface area is 203 Å². The highest BCUT2D eigenvalue weighted by Gasteiger charge is 2.39. The number of phenols is 1. The van der Waals surface area contributed by atoms with Crippen molar-refractivity contribution >= 4 is 5.78 Å². The molecule has 4 atom stereocenters. The number of hydrogen-bond acceptors (Lipinski definition) is 4. The van der Waals surface area contributed by atoms with Crippen LogP contribution in [0.5, 0.6) is 5.75 Å². The molecule has 0 saturated carbocycles. The molecule has 2 aromatic rings. The topological polar surface area (TPSA) is 52.6 Å². The van der Waals surface area contributed by atoms with Crippen molar-refractivity contribution in [1.29, 1.82) is 0 Å². The summed E-state index contributed by atoms with van der Waals surface area (Å²) in [5, 5.41) is 13.1. The lowest BCUT2D eigenvalue weighted by atomic mass is 9.68. The first-order chi connectivity index (χ1) is 16.2. The van der Waals surface area contributed by atoms with Gasteiger partial charge in [0.1, 0.15) is 17.3 Å². The van der Waals surface area contributed by atoms with Crippen LogP contribution in [0.1, 0.15) is 57.2 Å². The van der Waals surface area contributed by atoms with E-state index >= 15 is 0 Å². The van der Waals surface area contributed by atoms with Gasteiger partial charge >= 0.3 is 0 Å². The Bertz CT molecular complexity index is 1020. The zero-order chi connectivity index (χ0) is 24.5. The minimum Gasteiger partial charge on any atom is -0.508 e. The Hall–Kier alpha value is -2.24. The van der Waals surface area contributed by atoms with Crippen molar-refractivity contribution in [3.63, 3.8) is 0 Å². The van der Waals surface area contributed by atoms with E-state index in [-0.39, 0.29) is 28.8 Å². The molecule has 34 heavy (non-hydrogen) atoms. The number of fused-ring (bicyclic) bond motifs is 1. The zero-order valence-electron chi connectivity index (χ0n) is 21.0. The number of ketones is 1. The van der Waals surface area contributed by atoms with Gasteiger partial charge in [0.2, 0.25) is 0 Å². The van der Waals surface area contributed by atoms with Crippen molar-refractivity contribution in [2.45, 2.75) is 65.0 Å². The maximum atomic E-state index is 13.9. The first-order valence-electron chi connectivity index (χ1n) is 12.7. The van der Waals surface area contributed by atoms with E-state index in [4.69, 9.17) is 0 Å². The maximum absolute atomic E-state index is 13.9. The molecule has 4 nitrogen and oxygen atoms in total. The van der Waals surface area contributed by atoms with Crippen molar-refractivity contribution < 1.29 is 14.3 Å². The Balaban J connectivity index is 1.36. The summed E-state index contributed by atoms with van der Waals surface area (Å²) in [4.78, 5) is 15.8. The monoisotopic (exact) mass is 466 g/mol. The van der Waals surface area contributed by atoms with Gasteiger partial charge in [-0.05, 0) is 83.5 Å². The third-order valence-electron chi connectivity index (χ3n) is 8.49. The van der Waals surface area contributed by atoms with E-state index in [1.165, 1.54) is 6.07 Å². The van der Waals surface area contributed by atoms with Gasteiger partial charge in [0.25, 0.3) is 0 Å². The number of carbonyl (C=O) groups is 1. The summed E-state index contributed by atoms with van der Waals surface area (Å²) in [6, 6.07) is 12.4. The Kier molecular flexibility index (Phi) is 7.44. The van der Waals surface area contributed by atoms with Crippen LogP contribution in [0.3, 0.4) is 0 Å². The van der Waals surface area contributed by atoms with E-state index in [9.17, 15) is 14.3 Å². The lowest BCUT2D eigenvalue weighted by Gasteiger charge is -2.46. The molecule has 0 radical (unpaired) electrons. The van der Waals surface area contributed by atoms with Crippen molar-refractivity contribution in [2.24, 2.45) is 17.8 Å². The average Bonchev–Trinajstić information content (AvgIpc) is 2.80. The van der Waals surface area contributed by atoms with Crippen LogP contribution in [-0.2, 0) is 23.2 Å². The van der Waals surface area contributed by atoms with Crippen LogP contribution in [0.15, 0.2) is 42.5 Å². The molecule has 0 bridgehead atoms. The Morgan fingerprint density at radius 1 is 1.24 bits per heavy atom. The summed E-state index contributed by atoms with van der Waals surface area (Å²) in [7, 11) is 0. The Morgan fingerprint density at radius 3 is 2.74 bits per heavy atom. The number of rotatable bonds is 7. The molecule has 0 spiro atoms.